The predicted molar refractivity (Wildman–Crippen MR) is 155 cm³/mol. The lowest BCUT2D eigenvalue weighted by molar-refractivity contribution is 0.345. The average molecular weight is 554 g/mol. The van der Waals surface area contributed by atoms with Crippen molar-refractivity contribution in [2.45, 2.75) is 64.1 Å². The quantitative estimate of drug-likeness (QED) is 0.370. The minimum atomic E-state index is -3.46. The van der Waals surface area contributed by atoms with Crippen molar-refractivity contribution in [1.29, 1.82) is 0 Å². The fourth-order valence-electron chi connectivity index (χ4n) is 6.07. The Labute approximate surface area is 230 Å². The van der Waals surface area contributed by atoms with Gasteiger partial charge in [0.1, 0.15) is 5.75 Å². The number of aryl methyl sites for hydroxylation is 1. The molecule has 2 atom stereocenters. The van der Waals surface area contributed by atoms with Gasteiger partial charge in [-0.1, -0.05) is 25.3 Å². The van der Waals surface area contributed by atoms with Crippen LogP contribution in [0.1, 0.15) is 72.9 Å². The van der Waals surface area contributed by atoms with Gasteiger partial charge in [0.25, 0.3) is 0 Å². The zero-order chi connectivity index (χ0) is 27.0. The van der Waals surface area contributed by atoms with E-state index in [2.05, 4.69) is 44.4 Å². The van der Waals surface area contributed by atoms with E-state index < -0.39 is 10.0 Å². The van der Waals surface area contributed by atoms with Gasteiger partial charge in [-0.2, -0.15) is 0 Å². The molecule has 1 saturated heterocycles. The second-order valence-electron chi connectivity index (χ2n) is 10.2. The molecular formula is C28H35N5O3S2. The third-order valence-corrected chi connectivity index (χ3v) is 8.54. The highest BCUT2D eigenvalue weighted by Gasteiger charge is 2.42. The lowest BCUT2D eigenvalue weighted by Gasteiger charge is -2.30. The van der Waals surface area contributed by atoms with Crippen LogP contribution in [0.5, 0.6) is 5.75 Å². The number of methoxy groups -OCH3 is 1. The first-order valence-corrected chi connectivity index (χ1v) is 15.3. The molecule has 0 amide bonds. The van der Waals surface area contributed by atoms with Crippen molar-refractivity contribution in [2.75, 3.05) is 23.0 Å². The molecule has 10 heteroatoms. The second kappa shape index (κ2) is 10.6. The van der Waals surface area contributed by atoms with Gasteiger partial charge in [0.15, 0.2) is 5.11 Å². The molecular weight excluding hydrogens is 518 g/mol. The Hall–Kier alpha value is -3.11. The van der Waals surface area contributed by atoms with Gasteiger partial charge in [-0.3, -0.25) is 9.71 Å². The monoisotopic (exact) mass is 553 g/mol. The van der Waals surface area contributed by atoms with Gasteiger partial charge in [-0.25, -0.2) is 8.42 Å². The number of benzene rings is 1. The Kier molecular flexibility index (Phi) is 7.37. The molecule has 202 valence electrons. The minimum absolute atomic E-state index is 0.153. The van der Waals surface area contributed by atoms with Crippen molar-refractivity contribution in [3.05, 3.63) is 71.3 Å². The van der Waals surface area contributed by atoms with Crippen LogP contribution < -0.4 is 19.7 Å². The van der Waals surface area contributed by atoms with Crippen molar-refractivity contribution < 1.29 is 13.2 Å². The first-order chi connectivity index (χ1) is 18.2. The molecule has 5 rings (SSSR count). The lowest BCUT2D eigenvalue weighted by Crippen LogP contribution is -2.29. The van der Waals surface area contributed by atoms with Crippen molar-refractivity contribution in [3.8, 4) is 5.75 Å². The van der Waals surface area contributed by atoms with Crippen LogP contribution in [-0.4, -0.2) is 36.4 Å². The van der Waals surface area contributed by atoms with Crippen molar-refractivity contribution in [2.24, 2.45) is 0 Å². The molecule has 0 unspecified atom stereocenters. The fourth-order valence-corrected chi connectivity index (χ4v) is 6.98. The van der Waals surface area contributed by atoms with Crippen LogP contribution in [0, 0.1) is 13.8 Å². The third kappa shape index (κ3) is 5.11. The topological polar surface area (TPSA) is 88.5 Å². The number of hydrogen-bond donors (Lipinski definition) is 2. The van der Waals surface area contributed by atoms with E-state index in [0.29, 0.717) is 22.6 Å². The minimum Gasteiger partial charge on any atom is -0.494 e. The molecule has 0 bridgehead atoms. The standard InChI is InChI=1S/C28H35N5O3S2/c1-18-16-22(19(2)32(18)20-10-6-5-7-11-20)27-26(24-12-8-9-15-29-24)30-28(37)33(27)21-13-14-23(25(17-21)36-3)31-38(4,34)35/h8-9,12-17,20,26-27,31H,5-7,10-11H2,1-4H3,(H,30,37)/t26-,27-/m0/s1. The van der Waals surface area contributed by atoms with Crippen LogP contribution in [0.15, 0.2) is 48.7 Å². The van der Waals surface area contributed by atoms with Gasteiger partial charge in [-0.15, -0.1) is 0 Å². The summed E-state index contributed by atoms with van der Waals surface area (Å²) in [6, 6.07) is 13.8. The van der Waals surface area contributed by atoms with Gasteiger partial charge in [-0.05, 0) is 74.8 Å². The van der Waals surface area contributed by atoms with E-state index >= 15 is 0 Å². The summed E-state index contributed by atoms with van der Waals surface area (Å²) in [5.74, 6) is 0.420. The maximum absolute atomic E-state index is 11.9. The van der Waals surface area contributed by atoms with Crippen LogP contribution >= 0.6 is 12.2 Å². The summed E-state index contributed by atoms with van der Waals surface area (Å²) in [5.41, 5.74) is 5.81. The van der Waals surface area contributed by atoms with Gasteiger partial charge >= 0.3 is 0 Å². The van der Waals surface area contributed by atoms with E-state index in [9.17, 15) is 8.42 Å². The molecule has 1 aliphatic carbocycles. The molecule has 0 spiro atoms. The normalized spacial score (nSPS) is 20.4. The molecule has 1 aliphatic heterocycles. The molecule has 38 heavy (non-hydrogen) atoms. The maximum atomic E-state index is 11.9. The summed E-state index contributed by atoms with van der Waals surface area (Å²) in [7, 11) is -1.94. The predicted octanol–water partition coefficient (Wildman–Crippen LogP) is 5.56. The molecule has 0 radical (unpaired) electrons. The fraction of sp³-hybridized carbons (Fsp3) is 0.429. The first kappa shape index (κ1) is 26.5. The Bertz CT molecular complexity index is 1430. The number of nitrogens with one attached hydrogen (secondary N) is 2. The molecule has 8 nitrogen and oxygen atoms in total. The number of pyridine rings is 1. The van der Waals surface area contributed by atoms with E-state index in [1.165, 1.54) is 56.2 Å². The first-order valence-electron chi connectivity index (χ1n) is 13.0. The van der Waals surface area contributed by atoms with Crippen LogP contribution in [0.4, 0.5) is 11.4 Å². The summed E-state index contributed by atoms with van der Waals surface area (Å²) in [6.45, 7) is 4.41. The highest BCUT2D eigenvalue weighted by atomic mass is 32.2. The van der Waals surface area contributed by atoms with E-state index in [1.54, 1.807) is 12.3 Å². The summed E-state index contributed by atoms with van der Waals surface area (Å²) >= 11 is 5.91. The van der Waals surface area contributed by atoms with Gasteiger partial charge in [0, 0.05) is 35.4 Å². The van der Waals surface area contributed by atoms with Crippen LogP contribution in [0.3, 0.4) is 0 Å². The molecule has 2 aromatic heterocycles. The lowest BCUT2D eigenvalue weighted by atomic mass is 9.94. The molecule has 2 N–H and O–H groups in total. The number of ether oxygens (including phenoxy) is 1. The van der Waals surface area contributed by atoms with Gasteiger partial charge in [0.2, 0.25) is 10.0 Å². The Morgan fingerprint density at radius 1 is 1.11 bits per heavy atom. The third-order valence-electron chi connectivity index (χ3n) is 7.64. The van der Waals surface area contributed by atoms with Crippen LogP contribution in [0.25, 0.3) is 0 Å². The summed E-state index contributed by atoms with van der Waals surface area (Å²) in [4.78, 5) is 6.78. The SMILES string of the molecule is COc1cc(N2C(=S)N[C@@H](c3ccccn3)[C@@H]2c2cc(C)n(C3CCCCC3)c2C)ccc1NS(C)(=O)=O. The largest absolute Gasteiger partial charge is 0.494 e. The highest BCUT2D eigenvalue weighted by molar-refractivity contribution is 7.92. The zero-order valence-corrected chi connectivity index (χ0v) is 23.9. The molecule has 2 aliphatic rings. The average Bonchev–Trinajstić information content (AvgIpc) is 3.39. The van der Waals surface area contributed by atoms with Crippen LogP contribution in [-0.2, 0) is 10.0 Å². The number of thiocarbonyl (C=S) groups is 1. The van der Waals surface area contributed by atoms with E-state index in [0.717, 1.165) is 17.6 Å². The number of sulfonamides is 1. The summed E-state index contributed by atoms with van der Waals surface area (Å²) in [6.07, 6.45) is 9.18. The molecule has 1 saturated carbocycles. The van der Waals surface area contributed by atoms with Gasteiger partial charge in [0.05, 0.1) is 36.8 Å². The van der Waals surface area contributed by atoms with Crippen molar-refractivity contribution in [3.63, 3.8) is 0 Å². The summed E-state index contributed by atoms with van der Waals surface area (Å²) < 4.78 is 34.4. The Balaban J connectivity index is 1.62. The number of hydrogen-bond acceptors (Lipinski definition) is 5. The number of anilines is 2. The zero-order valence-electron chi connectivity index (χ0n) is 22.3. The summed E-state index contributed by atoms with van der Waals surface area (Å²) in [5, 5.41) is 4.11. The molecule has 3 heterocycles. The molecule has 2 fully saturated rings. The van der Waals surface area contributed by atoms with E-state index in [4.69, 9.17) is 17.0 Å². The van der Waals surface area contributed by atoms with Gasteiger partial charge < -0.3 is 19.5 Å². The van der Waals surface area contributed by atoms with E-state index in [-0.39, 0.29) is 12.1 Å². The maximum Gasteiger partial charge on any atom is 0.229 e. The molecule has 1 aromatic carbocycles. The molecule has 3 aromatic rings. The smallest absolute Gasteiger partial charge is 0.229 e. The highest BCUT2D eigenvalue weighted by Crippen LogP contribution is 2.45. The van der Waals surface area contributed by atoms with Crippen molar-refractivity contribution in [1.82, 2.24) is 14.9 Å². The number of rotatable bonds is 7. The number of nitrogens with zero attached hydrogens (tertiary/aromatic N) is 3. The second-order valence-corrected chi connectivity index (χ2v) is 12.4. The Morgan fingerprint density at radius 3 is 2.53 bits per heavy atom. The van der Waals surface area contributed by atoms with Crippen LogP contribution in [0.2, 0.25) is 0 Å². The van der Waals surface area contributed by atoms with Crippen molar-refractivity contribution >= 4 is 38.7 Å². The Morgan fingerprint density at radius 2 is 1.87 bits per heavy atom. The van der Waals surface area contributed by atoms with E-state index in [1.807, 2.05) is 30.3 Å². The number of aromatic nitrogens is 2.